The first-order valence-corrected chi connectivity index (χ1v) is 21.3. The van der Waals surface area contributed by atoms with Gasteiger partial charge in [0.2, 0.25) is 11.9 Å². The third-order valence-corrected chi connectivity index (χ3v) is 11.2. The van der Waals surface area contributed by atoms with E-state index in [1.165, 1.54) is 24.9 Å². The Morgan fingerprint density at radius 2 is 1.59 bits per heavy atom. The Hall–Kier alpha value is -4.92. The highest BCUT2D eigenvalue weighted by molar-refractivity contribution is 7.47. The number of phosphoric ester groups is 2. The molecular formula is C33H40N10O16P2. The molecule has 2 aliphatic rings. The number of hydrogen-bond donors (Lipinski definition) is 8. The van der Waals surface area contributed by atoms with E-state index in [4.69, 9.17) is 27.8 Å². The molecular weight excluding hydrogens is 854 g/mol. The molecule has 0 spiro atoms. The molecule has 28 heteroatoms. The summed E-state index contributed by atoms with van der Waals surface area (Å²) in [5.41, 5.74) is -0.543. The zero-order chi connectivity index (χ0) is 44.0. The number of carbonyl (C=O) groups is 2. The van der Waals surface area contributed by atoms with Crippen LogP contribution >= 0.6 is 15.6 Å². The molecule has 10 atom stereocenters. The number of fused-ring (bicyclic) bond motifs is 2. The van der Waals surface area contributed by atoms with E-state index in [1.54, 1.807) is 44.2 Å². The van der Waals surface area contributed by atoms with E-state index in [1.807, 2.05) is 0 Å². The number of aromatic amines is 1. The van der Waals surface area contributed by atoms with E-state index in [2.05, 4.69) is 40.5 Å². The summed E-state index contributed by atoms with van der Waals surface area (Å²) >= 11 is 0. The molecule has 26 nitrogen and oxygen atoms in total. The smallest absolute Gasteiger partial charge is 0.387 e. The molecule has 2 unspecified atom stereocenters. The van der Waals surface area contributed by atoms with Crippen LogP contribution in [0.5, 0.6) is 0 Å². The number of imidazole rings is 2. The molecule has 61 heavy (non-hydrogen) atoms. The predicted molar refractivity (Wildman–Crippen MR) is 205 cm³/mol. The molecule has 0 bridgehead atoms. The monoisotopic (exact) mass is 894 g/mol. The van der Waals surface area contributed by atoms with Gasteiger partial charge in [-0.15, -0.1) is 0 Å². The second-order valence-corrected chi connectivity index (χ2v) is 16.7. The lowest BCUT2D eigenvalue weighted by Crippen LogP contribution is -2.41. The second-order valence-electron chi connectivity index (χ2n) is 14.1. The predicted octanol–water partition coefficient (Wildman–Crippen LogP) is 0.338. The average Bonchev–Trinajstić information content (AvgIpc) is 3.97. The quantitative estimate of drug-likeness (QED) is 0.0657. The minimum absolute atomic E-state index is 0.0232. The van der Waals surface area contributed by atoms with Crippen molar-refractivity contribution in [3.8, 4) is 0 Å². The molecule has 2 saturated heterocycles. The summed E-state index contributed by atoms with van der Waals surface area (Å²) in [4.78, 5) is 91.4. The number of amides is 2. The van der Waals surface area contributed by atoms with Gasteiger partial charge in [0.15, 0.2) is 40.6 Å². The number of hydrogen-bond acceptors (Lipinski definition) is 18. The van der Waals surface area contributed by atoms with Gasteiger partial charge in [0.25, 0.3) is 11.5 Å². The number of rotatable bonds is 15. The number of nitrogens with one attached hydrogen (secondary N) is 3. The van der Waals surface area contributed by atoms with E-state index in [0.717, 1.165) is 17.2 Å². The zero-order valence-corrected chi connectivity index (χ0v) is 34.1. The maximum absolute atomic E-state index is 13.6. The lowest BCUT2D eigenvalue weighted by molar-refractivity contribution is -0.118. The van der Waals surface area contributed by atoms with Crippen LogP contribution in [-0.2, 0) is 41.7 Å². The third kappa shape index (κ3) is 9.31. The average molecular weight is 895 g/mol. The summed E-state index contributed by atoms with van der Waals surface area (Å²) < 4.78 is 61.2. The Bertz CT molecular complexity index is 2570. The van der Waals surface area contributed by atoms with E-state index >= 15 is 0 Å². The summed E-state index contributed by atoms with van der Waals surface area (Å²) in [7, 11) is -9.25. The van der Waals surface area contributed by atoms with Gasteiger partial charge >= 0.3 is 15.6 Å². The summed E-state index contributed by atoms with van der Waals surface area (Å²) in [5, 5.41) is 27.0. The number of nitrogens with zero attached hydrogens (tertiary/aromatic N) is 7. The Kier molecular flexibility index (Phi) is 12.6. The van der Waals surface area contributed by atoms with Crippen molar-refractivity contribution in [1.29, 1.82) is 0 Å². The van der Waals surface area contributed by atoms with E-state index in [-0.39, 0.29) is 34.1 Å². The number of methoxy groups -OCH3 is 1. The highest BCUT2D eigenvalue weighted by Crippen LogP contribution is 2.51. The first-order chi connectivity index (χ1) is 28.9. The number of benzene rings is 1. The number of carbonyl (C=O) groups excluding carboxylic acids is 2. The molecule has 2 aliphatic heterocycles. The molecule has 0 aliphatic carbocycles. The van der Waals surface area contributed by atoms with Gasteiger partial charge < -0.3 is 44.4 Å². The summed E-state index contributed by atoms with van der Waals surface area (Å²) in [5.74, 6) is -1.60. The van der Waals surface area contributed by atoms with Crippen molar-refractivity contribution in [2.24, 2.45) is 5.92 Å². The van der Waals surface area contributed by atoms with Crippen LogP contribution < -0.4 is 16.2 Å². The maximum atomic E-state index is 13.6. The molecule has 0 radical (unpaired) electrons. The van der Waals surface area contributed by atoms with Crippen LogP contribution in [0.2, 0.25) is 0 Å². The lowest BCUT2D eigenvalue weighted by atomic mass is 10.1. The molecule has 7 rings (SSSR count). The molecule has 2 fully saturated rings. The van der Waals surface area contributed by atoms with Gasteiger partial charge in [-0.3, -0.25) is 47.4 Å². The molecule has 1 aromatic carbocycles. The Morgan fingerprint density at radius 3 is 2.26 bits per heavy atom. The van der Waals surface area contributed by atoms with Gasteiger partial charge in [-0.2, -0.15) is 4.98 Å². The van der Waals surface area contributed by atoms with Crippen molar-refractivity contribution in [2.45, 2.75) is 76.0 Å². The van der Waals surface area contributed by atoms with E-state index < -0.39 is 101 Å². The standard InChI is InChI=1S/C33H40N10O16P2/c1-14(2)28(46)40-33-39-27-19(30(48)41-33)37-13-43(27)31-21(45)20(44)17(56-31)10-55-61(52,53)59-23-22(15(3)58-60(49,50)51)57-32(24(23)54-4)42-12-36-18-25(34-11-35-26(18)42)38-29(47)16-8-6-5-7-9-16/h5-9,11-15,17,20-24,31-32,44-45H,10H2,1-4H3,(H,52,53)(H2,49,50,51)(H,34,35,38,47)(H2,39,40,41,46,48)/t15-,17-,20-,21-,22?,23-,24-,31-,32-/m1/s1. The first kappa shape index (κ1) is 44.1. The molecule has 0 saturated carbocycles. The van der Waals surface area contributed by atoms with Crippen molar-refractivity contribution in [2.75, 3.05) is 24.4 Å². The minimum atomic E-state index is -5.28. The van der Waals surface area contributed by atoms with Crippen LogP contribution in [-0.4, -0.2) is 132 Å². The largest absolute Gasteiger partial charge is 0.472 e. The van der Waals surface area contributed by atoms with Crippen molar-refractivity contribution in [3.63, 3.8) is 0 Å². The lowest BCUT2D eigenvalue weighted by Gasteiger charge is -2.28. The van der Waals surface area contributed by atoms with Gasteiger partial charge in [0.1, 0.15) is 43.0 Å². The number of aliphatic hydroxyl groups excluding tert-OH is 2. The van der Waals surface area contributed by atoms with Crippen molar-refractivity contribution >= 4 is 61.6 Å². The molecule has 6 heterocycles. The highest BCUT2D eigenvalue weighted by Gasteiger charge is 2.54. The summed E-state index contributed by atoms with van der Waals surface area (Å²) in [6.07, 6.45) is -10.4. The normalized spacial score (nSPS) is 25.9. The van der Waals surface area contributed by atoms with Crippen LogP contribution in [0.1, 0.15) is 43.6 Å². The van der Waals surface area contributed by atoms with Gasteiger partial charge in [0, 0.05) is 18.6 Å². The van der Waals surface area contributed by atoms with E-state index in [9.17, 15) is 48.4 Å². The second kappa shape index (κ2) is 17.5. The number of aromatic nitrogens is 8. The molecule has 4 aromatic heterocycles. The molecule has 5 aromatic rings. The summed E-state index contributed by atoms with van der Waals surface area (Å²) in [6, 6.07) is 8.28. The number of H-pyrrole nitrogens is 1. The van der Waals surface area contributed by atoms with Crippen LogP contribution in [0, 0.1) is 5.92 Å². The maximum Gasteiger partial charge on any atom is 0.472 e. The fourth-order valence-corrected chi connectivity index (χ4v) is 8.19. The van der Waals surface area contributed by atoms with Crippen molar-refractivity contribution < 1.29 is 71.4 Å². The summed E-state index contributed by atoms with van der Waals surface area (Å²) in [6.45, 7) is 3.57. The molecule has 328 valence electrons. The Morgan fingerprint density at radius 1 is 0.902 bits per heavy atom. The first-order valence-electron chi connectivity index (χ1n) is 18.3. The minimum Gasteiger partial charge on any atom is -0.387 e. The number of phosphoric acid groups is 2. The molecule has 8 N–H and O–H groups in total. The van der Waals surface area contributed by atoms with Gasteiger partial charge in [-0.1, -0.05) is 32.0 Å². The fourth-order valence-electron chi connectivity index (χ4n) is 6.69. The number of anilines is 2. The van der Waals surface area contributed by atoms with Crippen LogP contribution in [0.25, 0.3) is 22.3 Å². The van der Waals surface area contributed by atoms with Crippen LogP contribution in [0.3, 0.4) is 0 Å². The third-order valence-electron chi connectivity index (χ3n) is 9.63. The van der Waals surface area contributed by atoms with Gasteiger partial charge in [0.05, 0.1) is 25.4 Å². The Balaban J connectivity index is 1.10. The Labute approximate surface area is 343 Å². The van der Waals surface area contributed by atoms with Crippen molar-refractivity contribution in [3.05, 3.63) is 65.2 Å². The fraction of sp³-hybridized carbons (Fsp3) is 0.455. The van der Waals surface area contributed by atoms with Crippen LogP contribution in [0.15, 0.2) is 54.1 Å². The van der Waals surface area contributed by atoms with Crippen molar-refractivity contribution in [1.82, 2.24) is 39.0 Å². The highest BCUT2D eigenvalue weighted by atomic mass is 31.2. The van der Waals surface area contributed by atoms with E-state index in [0.29, 0.717) is 5.56 Å². The zero-order valence-electron chi connectivity index (χ0n) is 32.4. The number of aliphatic hydroxyl groups is 2. The van der Waals surface area contributed by atoms with Gasteiger partial charge in [-0.25, -0.2) is 29.1 Å². The van der Waals surface area contributed by atoms with Crippen LogP contribution in [0.4, 0.5) is 11.8 Å². The topological polar surface area (TPSA) is 356 Å². The van der Waals surface area contributed by atoms with Gasteiger partial charge in [-0.05, 0) is 19.1 Å². The number of ether oxygens (including phenoxy) is 3. The molecule has 2 amide bonds. The SMILES string of the molecule is CO[C@@H]1[C@H](OP(=O)(O)OC[C@H]2O[C@@H](n3cnc4c(=O)[nH]c(NC(=O)C(C)C)nc43)[C@H](O)[C@@H]2O)C([C@@H](C)OP(=O)(O)O)O[C@H]1n1cnc2c(NC(=O)c3ccccc3)ncnc21.